The highest BCUT2D eigenvalue weighted by Gasteiger charge is 2.22. The average Bonchev–Trinajstić information content (AvgIpc) is 3.14. The number of hydrogen-bond donors (Lipinski definition) is 3. The first-order valence-electron chi connectivity index (χ1n) is 9.81. The summed E-state index contributed by atoms with van der Waals surface area (Å²) >= 11 is 0. The molecule has 0 saturated carbocycles. The molecule has 1 atom stereocenters. The lowest BCUT2D eigenvalue weighted by atomic mass is 10.1. The fourth-order valence-electron chi connectivity index (χ4n) is 3.15. The number of rotatable bonds is 7. The lowest BCUT2D eigenvalue weighted by Crippen LogP contribution is -2.47. The summed E-state index contributed by atoms with van der Waals surface area (Å²) in [5, 5.41) is 12.9. The van der Waals surface area contributed by atoms with Crippen molar-refractivity contribution in [3.8, 4) is 0 Å². The standard InChI is InChI=1S/C19H24F3N7O2/c1-3-23-19(24-8-16(30)26-13-6-5-12(20)17(21)18(13)22)25-11-4-7-15-27-14(10-31-2)28-29(15)9-11/h5-6,11H,3-4,7-10H2,1-2H3,(H,26,30)(H2,23,24,25). The Morgan fingerprint density at radius 1 is 1.32 bits per heavy atom. The van der Waals surface area contributed by atoms with Gasteiger partial charge in [0.2, 0.25) is 5.91 Å². The fourth-order valence-corrected chi connectivity index (χ4v) is 3.15. The molecule has 0 saturated heterocycles. The number of anilines is 1. The Hall–Kier alpha value is -3.15. The Balaban J connectivity index is 1.60. The number of aromatic nitrogens is 3. The van der Waals surface area contributed by atoms with Gasteiger partial charge in [-0.1, -0.05) is 0 Å². The summed E-state index contributed by atoms with van der Waals surface area (Å²) in [6.07, 6.45) is 1.52. The first-order valence-corrected chi connectivity index (χ1v) is 9.81. The first kappa shape index (κ1) is 22.5. The predicted molar refractivity (Wildman–Crippen MR) is 107 cm³/mol. The molecule has 0 aliphatic carbocycles. The van der Waals surface area contributed by atoms with Crippen molar-refractivity contribution in [2.45, 2.75) is 39.0 Å². The van der Waals surface area contributed by atoms with Crippen molar-refractivity contribution in [3.05, 3.63) is 41.2 Å². The number of hydrogen-bond acceptors (Lipinski definition) is 5. The number of aliphatic imine (C=N–C) groups is 1. The third-order valence-electron chi connectivity index (χ3n) is 4.55. The molecule has 31 heavy (non-hydrogen) atoms. The Morgan fingerprint density at radius 3 is 2.87 bits per heavy atom. The monoisotopic (exact) mass is 439 g/mol. The number of guanidine groups is 1. The molecule has 1 unspecified atom stereocenters. The molecule has 2 aromatic rings. The minimum absolute atomic E-state index is 0.00842. The number of amides is 1. The molecule has 1 amide bonds. The number of aryl methyl sites for hydroxylation is 1. The van der Waals surface area contributed by atoms with Crippen LogP contribution in [0, 0.1) is 17.5 Å². The van der Waals surface area contributed by atoms with Gasteiger partial charge in [0.1, 0.15) is 19.0 Å². The van der Waals surface area contributed by atoms with Crippen molar-refractivity contribution in [1.29, 1.82) is 0 Å². The second-order valence-electron chi connectivity index (χ2n) is 6.91. The molecule has 0 spiro atoms. The van der Waals surface area contributed by atoms with E-state index in [1.54, 1.807) is 7.11 Å². The van der Waals surface area contributed by atoms with Crippen molar-refractivity contribution in [2.24, 2.45) is 4.99 Å². The van der Waals surface area contributed by atoms with Crippen LogP contribution in [0.1, 0.15) is 25.0 Å². The van der Waals surface area contributed by atoms with Crippen LogP contribution in [0.3, 0.4) is 0 Å². The molecule has 2 heterocycles. The predicted octanol–water partition coefficient (Wildman–Crippen LogP) is 1.35. The van der Waals surface area contributed by atoms with Gasteiger partial charge in [-0.2, -0.15) is 5.10 Å². The van der Waals surface area contributed by atoms with E-state index in [4.69, 9.17) is 4.74 Å². The van der Waals surface area contributed by atoms with E-state index < -0.39 is 29.0 Å². The number of carbonyl (C=O) groups is 1. The highest BCUT2D eigenvalue weighted by Crippen LogP contribution is 2.19. The van der Waals surface area contributed by atoms with Gasteiger partial charge in [-0.3, -0.25) is 4.79 Å². The first-order chi connectivity index (χ1) is 14.9. The summed E-state index contributed by atoms with van der Waals surface area (Å²) in [6.45, 7) is 3.01. The van der Waals surface area contributed by atoms with Crippen molar-refractivity contribution in [3.63, 3.8) is 0 Å². The third kappa shape index (κ3) is 5.72. The number of fused-ring (bicyclic) bond motifs is 1. The topological polar surface area (TPSA) is 105 Å². The third-order valence-corrected chi connectivity index (χ3v) is 4.55. The van der Waals surface area contributed by atoms with E-state index in [1.165, 1.54) is 0 Å². The molecule has 168 valence electrons. The number of halogens is 3. The molecule has 1 aliphatic heterocycles. The van der Waals surface area contributed by atoms with Crippen LogP contribution in [-0.4, -0.2) is 52.9 Å². The number of benzene rings is 1. The van der Waals surface area contributed by atoms with Gasteiger partial charge >= 0.3 is 0 Å². The lowest BCUT2D eigenvalue weighted by Gasteiger charge is -2.25. The van der Waals surface area contributed by atoms with E-state index in [2.05, 4.69) is 31.0 Å². The van der Waals surface area contributed by atoms with Gasteiger partial charge in [0.15, 0.2) is 29.2 Å². The normalized spacial score (nSPS) is 16.0. The van der Waals surface area contributed by atoms with Crippen LogP contribution >= 0.6 is 0 Å². The molecule has 1 aromatic carbocycles. The quantitative estimate of drug-likeness (QED) is 0.342. The zero-order chi connectivity index (χ0) is 22.4. The minimum atomic E-state index is -1.64. The summed E-state index contributed by atoms with van der Waals surface area (Å²) in [6, 6.07) is 1.70. The van der Waals surface area contributed by atoms with E-state index in [-0.39, 0.29) is 12.6 Å². The Morgan fingerprint density at radius 2 is 2.13 bits per heavy atom. The highest BCUT2D eigenvalue weighted by atomic mass is 19.2. The van der Waals surface area contributed by atoms with E-state index in [0.717, 1.165) is 30.8 Å². The number of ether oxygens (including phenoxy) is 1. The van der Waals surface area contributed by atoms with Crippen LogP contribution in [0.25, 0.3) is 0 Å². The van der Waals surface area contributed by atoms with Gasteiger partial charge in [-0.25, -0.2) is 27.8 Å². The van der Waals surface area contributed by atoms with E-state index in [0.29, 0.717) is 31.5 Å². The fraction of sp³-hybridized carbons (Fsp3) is 0.474. The van der Waals surface area contributed by atoms with Gasteiger partial charge in [0.05, 0.1) is 12.2 Å². The van der Waals surface area contributed by atoms with Crippen molar-refractivity contribution in [2.75, 3.05) is 25.5 Å². The smallest absolute Gasteiger partial charge is 0.246 e. The maximum absolute atomic E-state index is 13.7. The van der Waals surface area contributed by atoms with Crippen LogP contribution in [0.4, 0.5) is 18.9 Å². The Bertz CT molecular complexity index is 964. The zero-order valence-electron chi connectivity index (χ0n) is 17.2. The lowest BCUT2D eigenvalue weighted by molar-refractivity contribution is -0.114. The van der Waals surface area contributed by atoms with Gasteiger partial charge in [0.25, 0.3) is 0 Å². The highest BCUT2D eigenvalue weighted by molar-refractivity contribution is 5.94. The Labute approximate surface area is 177 Å². The molecule has 12 heteroatoms. The summed E-state index contributed by atoms with van der Waals surface area (Å²) in [4.78, 5) is 20.7. The van der Waals surface area contributed by atoms with Crippen LogP contribution in [0.2, 0.25) is 0 Å². The van der Waals surface area contributed by atoms with Gasteiger partial charge in [0, 0.05) is 26.1 Å². The number of nitrogens with zero attached hydrogens (tertiary/aromatic N) is 4. The molecular weight excluding hydrogens is 415 g/mol. The van der Waals surface area contributed by atoms with Crippen molar-refractivity contribution < 1.29 is 22.7 Å². The molecule has 3 N–H and O–H groups in total. The molecule has 3 rings (SSSR count). The molecule has 9 nitrogen and oxygen atoms in total. The van der Waals surface area contributed by atoms with Gasteiger partial charge in [-0.05, 0) is 25.5 Å². The second-order valence-corrected chi connectivity index (χ2v) is 6.91. The number of carbonyl (C=O) groups excluding carboxylic acids is 1. The maximum Gasteiger partial charge on any atom is 0.246 e. The molecule has 1 aliphatic rings. The molecule has 0 fully saturated rings. The summed E-state index contributed by atoms with van der Waals surface area (Å²) < 4.78 is 46.9. The van der Waals surface area contributed by atoms with Gasteiger partial charge in [-0.15, -0.1) is 0 Å². The molecule has 1 aromatic heterocycles. The maximum atomic E-state index is 13.7. The van der Waals surface area contributed by atoms with Gasteiger partial charge < -0.3 is 20.7 Å². The van der Waals surface area contributed by atoms with Crippen molar-refractivity contribution >= 4 is 17.6 Å². The molecule has 0 radical (unpaired) electrons. The summed E-state index contributed by atoms with van der Waals surface area (Å²) in [5.74, 6) is -3.19. The second kappa shape index (κ2) is 10.2. The summed E-state index contributed by atoms with van der Waals surface area (Å²) in [5.41, 5.74) is -0.449. The molecular formula is C19H24F3N7O2. The van der Waals surface area contributed by atoms with Crippen LogP contribution in [0.15, 0.2) is 17.1 Å². The van der Waals surface area contributed by atoms with Crippen molar-refractivity contribution in [1.82, 2.24) is 25.4 Å². The average molecular weight is 439 g/mol. The zero-order valence-corrected chi connectivity index (χ0v) is 17.2. The molecule has 0 bridgehead atoms. The largest absolute Gasteiger partial charge is 0.377 e. The Kier molecular flexibility index (Phi) is 7.45. The number of methoxy groups -OCH3 is 1. The number of nitrogens with one attached hydrogen (secondary N) is 3. The van der Waals surface area contributed by atoms with Crippen LogP contribution in [-0.2, 0) is 29.1 Å². The SMILES string of the molecule is CCNC(=NCC(=O)Nc1ccc(F)c(F)c1F)NC1CCc2nc(COC)nn2C1. The van der Waals surface area contributed by atoms with Crippen LogP contribution < -0.4 is 16.0 Å². The van der Waals surface area contributed by atoms with E-state index in [9.17, 15) is 18.0 Å². The minimum Gasteiger partial charge on any atom is -0.377 e. The van der Waals surface area contributed by atoms with Crippen LogP contribution in [0.5, 0.6) is 0 Å². The van der Waals surface area contributed by atoms with E-state index >= 15 is 0 Å². The summed E-state index contributed by atoms with van der Waals surface area (Å²) in [7, 11) is 1.58. The van der Waals surface area contributed by atoms with E-state index in [1.807, 2.05) is 11.6 Å².